The smallest absolute Gasteiger partial charge is 0.247 e. The Balaban J connectivity index is 1.59. The van der Waals surface area contributed by atoms with Crippen LogP contribution in [0.2, 0.25) is 0 Å². The number of aromatic nitrogens is 4. The van der Waals surface area contributed by atoms with E-state index in [1.54, 1.807) is 12.1 Å². The van der Waals surface area contributed by atoms with Crippen molar-refractivity contribution >= 4 is 22.6 Å². The van der Waals surface area contributed by atoms with Gasteiger partial charge in [-0.3, -0.25) is 9.48 Å². The molecular weight excluding hydrogens is 393 g/mol. The Labute approximate surface area is 180 Å². The molecule has 2 aromatic carbocycles. The van der Waals surface area contributed by atoms with E-state index in [2.05, 4.69) is 15.4 Å². The molecule has 4 rings (SSSR count). The van der Waals surface area contributed by atoms with E-state index in [1.807, 2.05) is 61.2 Å². The first-order valence-electron chi connectivity index (χ1n) is 10.4. The third kappa shape index (κ3) is 3.95. The van der Waals surface area contributed by atoms with Gasteiger partial charge in [0, 0.05) is 6.42 Å². The lowest BCUT2D eigenvalue weighted by molar-refractivity contribution is -0.118. The molecule has 2 heterocycles. The van der Waals surface area contributed by atoms with Crippen molar-refractivity contribution in [3.63, 3.8) is 0 Å². The monoisotopic (exact) mass is 419 g/mol. The molecule has 0 fully saturated rings. The van der Waals surface area contributed by atoms with Gasteiger partial charge in [0.25, 0.3) is 0 Å². The largest absolute Gasteiger partial charge is 0.321 e. The molecule has 0 aliphatic rings. The maximum Gasteiger partial charge on any atom is 0.247 e. The number of carbonyl (C=O) groups excluding carboxylic acids is 1. The standard InChI is InChI=1S/C24H26FN5O/c1-5-22-26-20-8-6-7-9-21(20)30(22)17(4)24(31)27-23-15(2)28-29(16(23)3)14-18-10-12-19(25)13-11-18/h6-13,17H,5,14H2,1-4H3,(H,27,31)/t17-/m0/s1. The quantitative estimate of drug-likeness (QED) is 0.488. The first kappa shape index (κ1) is 20.8. The number of hydrogen-bond acceptors (Lipinski definition) is 3. The predicted octanol–water partition coefficient (Wildman–Crippen LogP) is 4.80. The minimum Gasteiger partial charge on any atom is -0.321 e. The van der Waals surface area contributed by atoms with Gasteiger partial charge < -0.3 is 9.88 Å². The van der Waals surface area contributed by atoms with Gasteiger partial charge in [-0.15, -0.1) is 0 Å². The van der Waals surface area contributed by atoms with Crippen molar-refractivity contribution in [2.24, 2.45) is 0 Å². The van der Waals surface area contributed by atoms with Gasteiger partial charge in [0.15, 0.2) is 0 Å². The van der Waals surface area contributed by atoms with Crippen LogP contribution in [0.15, 0.2) is 48.5 Å². The lowest BCUT2D eigenvalue weighted by Gasteiger charge is -2.17. The summed E-state index contributed by atoms with van der Waals surface area (Å²) in [6.07, 6.45) is 0.736. The van der Waals surface area contributed by atoms with Crippen molar-refractivity contribution < 1.29 is 9.18 Å². The summed E-state index contributed by atoms with van der Waals surface area (Å²) in [4.78, 5) is 17.9. The molecule has 0 saturated carbocycles. The molecular formula is C24H26FN5O. The van der Waals surface area contributed by atoms with Crippen LogP contribution in [0.5, 0.6) is 0 Å². The van der Waals surface area contributed by atoms with Gasteiger partial charge in [0.1, 0.15) is 17.7 Å². The van der Waals surface area contributed by atoms with Gasteiger partial charge in [-0.2, -0.15) is 5.10 Å². The third-order valence-corrected chi connectivity index (χ3v) is 5.63. The van der Waals surface area contributed by atoms with Gasteiger partial charge in [-0.05, 0) is 50.6 Å². The molecule has 0 unspecified atom stereocenters. The van der Waals surface area contributed by atoms with Crippen molar-refractivity contribution in [3.05, 3.63) is 77.1 Å². The number of carbonyl (C=O) groups is 1. The number of rotatable bonds is 6. The van der Waals surface area contributed by atoms with E-state index in [0.717, 1.165) is 40.2 Å². The Morgan fingerprint density at radius 2 is 1.84 bits per heavy atom. The first-order valence-corrected chi connectivity index (χ1v) is 10.4. The van der Waals surface area contributed by atoms with Crippen molar-refractivity contribution in [1.29, 1.82) is 0 Å². The highest BCUT2D eigenvalue weighted by Crippen LogP contribution is 2.25. The fraction of sp³-hybridized carbons (Fsp3) is 0.292. The number of hydrogen-bond donors (Lipinski definition) is 1. The van der Waals surface area contributed by atoms with Crippen LogP contribution in [0.1, 0.15) is 42.7 Å². The van der Waals surface area contributed by atoms with Gasteiger partial charge in [-0.25, -0.2) is 9.37 Å². The summed E-state index contributed by atoms with van der Waals surface area (Å²) in [7, 11) is 0. The second-order valence-corrected chi connectivity index (χ2v) is 7.74. The topological polar surface area (TPSA) is 64.7 Å². The minimum atomic E-state index is -0.429. The van der Waals surface area contributed by atoms with Crippen LogP contribution in [-0.4, -0.2) is 25.2 Å². The number of fused-ring (bicyclic) bond motifs is 1. The Morgan fingerprint density at radius 3 is 2.55 bits per heavy atom. The van der Waals surface area contributed by atoms with Crippen molar-refractivity contribution in [1.82, 2.24) is 19.3 Å². The van der Waals surface area contributed by atoms with Crippen LogP contribution in [0.4, 0.5) is 10.1 Å². The molecule has 31 heavy (non-hydrogen) atoms. The molecule has 0 aliphatic carbocycles. The normalized spacial score (nSPS) is 12.3. The highest BCUT2D eigenvalue weighted by atomic mass is 19.1. The predicted molar refractivity (Wildman–Crippen MR) is 120 cm³/mol. The Hall–Kier alpha value is -3.48. The molecule has 4 aromatic rings. The average molecular weight is 420 g/mol. The summed E-state index contributed by atoms with van der Waals surface area (Å²) in [5, 5.41) is 7.64. The number of nitrogens with zero attached hydrogens (tertiary/aromatic N) is 4. The number of benzene rings is 2. The maximum absolute atomic E-state index is 13.2. The van der Waals surface area contributed by atoms with Crippen LogP contribution in [-0.2, 0) is 17.8 Å². The van der Waals surface area contributed by atoms with Crippen LogP contribution in [0.25, 0.3) is 11.0 Å². The van der Waals surface area contributed by atoms with E-state index in [0.29, 0.717) is 12.2 Å². The summed E-state index contributed by atoms with van der Waals surface area (Å²) >= 11 is 0. The van der Waals surface area contributed by atoms with Crippen molar-refractivity contribution in [3.8, 4) is 0 Å². The zero-order chi connectivity index (χ0) is 22.1. The van der Waals surface area contributed by atoms with Crippen molar-refractivity contribution in [2.75, 3.05) is 5.32 Å². The molecule has 0 saturated heterocycles. The number of para-hydroxylation sites is 2. The number of amides is 1. The van der Waals surface area contributed by atoms with E-state index in [9.17, 15) is 9.18 Å². The lowest BCUT2D eigenvalue weighted by Crippen LogP contribution is -2.25. The molecule has 0 spiro atoms. The van der Waals surface area contributed by atoms with Crippen molar-refractivity contribution in [2.45, 2.75) is 46.7 Å². The van der Waals surface area contributed by atoms with Crippen LogP contribution >= 0.6 is 0 Å². The molecule has 1 amide bonds. The number of nitrogens with one attached hydrogen (secondary N) is 1. The van der Waals surface area contributed by atoms with Crippen LogP contribution in [0, 0.1) is 19.7 Å². The van der Waals surface area contributed by atoms with Gasteiger partial charge >= 0.3 is 0 Å². The van der Waals surface area contributed by atoms with Gasteiger partial charge in [0.05, 0.1) is 34.7 Å². The highest BCUT2D eigenvalue weighted by molar-refractivity contribution is 5.95. The Bertz CT molecular complexity index is 1240. The van der Waals surface area contributed by atoms with Gasteiger partial charge in [0.2, 0.25) is 5.91 Å². The SMILES string of the molecule is CCc1nc2ccccc2n1[C@@H](C)C(=O)Nc1c(C)nn(Cc2ccc(F)cc2)c1C. The Morgan fingerprint density at radius 1 is 1.13 bits per heavy atom. The number of anilines is 1. The molecule has 1 atom stereocenters. The zero-order valence-corrected chi connectivity index (χ0v) is 18.2. The van der Waals surface area contributed by atoms with Crippen LogP contribution < -0.4 is 5.32 Å². The molecule has 0 radical (unpaired) electrons. The summed E-state index contributed by atoms with van der Waals surface area (Å²) in [6, 6.07) is 13.8. The zero-order valence-electron chi connectivity index (χ0n) is 18.2. The summed E-state index contributed by atoms with van der Waals surface area (Å²) in [6.45, 7) is 8.23. The van der Waals surface area contributed by atoms with E-state index < -0.39 is 6.04 Å². The van der Waals surface area contributed by atoms with E-state index >= 15 is 0 Å². The summed E-state index contributed by atoms with van der Waals surface area (Å²) in [5.74, 6) is 0.493. The number of aryl methyl sites for hydroxylation is 2. The maximum atomic E-state index is 13.2. The fourth-order valence-electron chi connectivity index (χ4n) is 3.92. The average Bonchev–Trinajstić information content (AvgIpc) is 3.27. The summed E-state index contributed by atoms with van der Waals surface area (Å²) < 4.78 is 17.0. The minimum absolute atomic E-state index is 0.120. The Kier molecular flexibility index (Phi) is 5.59. The lowest BCUT2D eigenvalue weighted by atomic mass is 10.2. The first-order chi connectivity index (χ1) is 14.9. The number of imidazole rings is 1. The molecule has 0 bridgehead atoms. The van der Waals surface area contributed by atoms with E-state index in [1.165, 1.54) is 12.1 Å². The van der Waals surface area contributed by atoms with E-state index in [4.69, 9.17) is 0 Å². The molecule has 6 nitrogen and oxygen atoms in total. The van der Waals surface area contributed by atoms with Gasteiger partial charge in [-0.1, -0.05) is 31.2 Å². The highest BCUT2D eigenvalue weighted by Gasteiger charge is 2.23. The molecule has 7 heteroatoms. The second-order valence-electron chi connectivity index (χ2n) is 7.74. The number of halogens is 1. The van der Waals surface area contributed by atoms with E-state index in [-0.39, 0.29) is 11.7 Å². The molecule has 0 aliphatic heterocycles. The third-order valence-electron chi connectivity index (χ3n) is 5.63. The fourth-order valence-corrected chi connectivity index (χ4v) is 3.92. The molecule has 1 N–H and O–H groups in total. The second kappa shape index (κ2) is 8.34. The molecule has 2 aromatic heterocycles. The summed E-state index contributed by atoms with van der Waals surface area (Å²) in [5.41, 5.74) is 5.08. The molecule has 160 valence electrons. The van der Waals surface area contributed by atoms with Crippen LogP contribution in [0.3, 0.4) is 0 Å².